The molecule has 158 valence electrons. The molecule has 1 saturated heterocycles. The van der Waals surface area contributed by atoms with E-state index in [1.807, 2.05) is 0 Å². The average Bonchev–Trinajstić information content (AvgIpc) is 3.39. The summed E-state index contributed by atoms with van der Waals surface area (Å²) in [6, 6.07) is 4.86. The van der Waals surface area contributed by atoms with Crippen molar-refractivity contribution in [3.8, 4) is 5.75 Å². The molecule has 4 rings (SSSR count). The summed E-state index contributed by atoms with van der Waals surface area (Å²) in [5.41, 5.74) is 0.794. The summed E-state index contributed by atoms with van der Waals surface area (Å²) in [4.78, 5) is 30.5. The van der Waals surface area contributed by atoms with Crippen LogP contribution in [0, 0.1) is 17.0 Å². The van der Waals surface area contributed by atoms with Crippen molar-refractivity contribution in [2.24, 2.45) is 5.41 Å². The summed E-state index contributed by atoms with van der Waals surface area (Å²) < 4.78 is 37.7. The van der Waals surface area contributed by atoms with Crippen LogP contribution in [0.2, 0.25) is 0 Å². The number of carbonyl (C=O) groups excluding carboxylic acids is 2. The Kier molecular flexibility index (Phi) is 5.05. The first kappa shape index (κ1) is 20.1. The van der Waals surface area contributed by atoms with Gasteiger partial charge < -0.3 is 19.7 Å². The first-order valence-corrected chi connectivity index (χ1v) is 9.51. The van der Waals surface area contributed by atoms with Crippen LogP contribution in [-0.2, 0) is 9.53 Å². The summed E-state index contributed by atoms with van der Waals surface area (Å²) in [5, 5.41) is 2.79. The number of methoxy groups -OCH3 is 2. The van der Waals surface area contributed by atoms with E-state index in [2.05, 4.69) is 15.0 Å². The number of halogens is 2. The van der Waals surface area contributed by atoms with E-state index in [1.54, 1.807) is 11.0 Å². The molecule has 1 aliphatic carbocycles. The van der Waals surface area contributed by atoms with Gasteiger partial charge in [0.1, 0.15) is 11.7 Å². The molecule has 2 aromatic rings. The topological polar surface area (TPSA) is 80.8 Å². The zero-order valence-corrected chi connectivity index (χ0v) is 16.6. The molecular weight excluding hydrogens is 396 g/mol. The lowest BCUT2D eigenvalue weighted by molar-refractivity contribution is -0.117. The fourth-order valence-electron chi connectivity index (χ4n) is 3.98. The molecular formula is C21H21F2N3O4. The molecule has 1 spiro atoms. The Morgan fingerprint density at radius 3 is 2.67 bits per heavy atom. The minimum atomic E-state index is -1.08. The lowest BCUT2D eigenvalue weighted by Crippen LogP contribution is -2.40. The number of benzene rings is 1. The van der Waals surface area contributed by atoms with Gasteiger partial charge in [-0.15, -0.1) is 0 Å². The largest absolute Gasteiger partial charge is 0.491 e. The molecule has 1 aromatic carbocycles. The number of ether oxygens (including phenoxy) is 2. The average molecular weight is 417 g/mol. The maximum atomic E-state index is 14.3. The molecule has 1 aromatic heterocycles. The molecule has 2 fully saturated rings. The summed E-state index contributed by atoms with van der Waals surface area (Å²) in [5.74, 6) is -3.24. The predicted molar refractivity (Wildman–Crippen MR) is 105 cm³/mol. The highest BCUT2D eigenvalue weighted by Gasteiger charge is 2.54. The molecule has 0 radical (unpaired) electrons. The van der Waals surface area contributed by atoms with Crippen LogP contribution in [0.4, 0.5) is 20.2 Å². The number of pyridine rings is 1. The van der Waals surface area contributed by atoms with Crippen LogP contribution in [0.25, 0.3) is 0 Å². The van der Waals surface area contributed by atoms with Crippen molar-refractivity contribution >= 4 is 23.3 Å². The molecule has 1 N–H and O–H groups in total. The third-order valence-corrected chi connectivity index (χ3v) is 5.73. The summed E-state index contributed by atoms with van der Waals surface area (Å²) >= 11 is 0. The number of esters is 1. The Morgan fingerprint density at radius 1 is 1.23 bits per heavy atom. The number of hydrogen-bond donors (Lipinski definition) is 1. The normalized spacial score (nSPS) is 18.9. The van der Waals surface area contributed by atoms with Gasteiger partial charge >= 0.3 is 5.97 Å². The van der Waals surface area contributed by atoms with E-state index in [1.165, 1.54) is 32.5 Å². The third kappa shape index (κ3) is 3.55. The predicted octanol–water partition coefficient (Wildman–Crippen LogP) is 3.15. The third-order valence-electron chi connectivity index (χ3n) is 5.73. The van der Waals surface area contributed by atoms with Crippen molar-refractivity contribution in [1.29, 1.82) is 0 Å². The van der Waals surface area contributed by atoms with Gasteiger partial charge in [0, 0.05) is 18.4 Å². The van der Waals surface area contributed by atoms with E-state index in [9.17, 15) is 18.4 Å². The second kappa shape index (κ2) is 7.55. The van der Waals surface area contributed by atoms with Gasteiger partial charge in [-0.1, -0.05) is 0 Å². The van der Waals surface area contributed by atoms with E-state index >= 15 is 0 Å². The Labute approximate surface area is 172 Å². The van der Waals surface area contributed by atoms with Crippen LogP contribution in [0.1, 0.15) is 29.8 Å². The van der Waals surface area contributed by atoms with E-state index < -0.39 is 23.6 Å². The zero-order chi connectivity index (χ0) is 21.5. The number of hydrogen-bond acceptors (Lipinski definition) is 6. The van der Waals surface area contributed by atoms with Gasteiger partial charge in [0.05, 0.1) is 19.9 Å². The van der Waals surface area contributed by atoms with Gasteiger partial charge in [-0.3, -0.25) is 4.79 Å². The molecule has 30 heavy (non-hydrogen) atoms. The second-order valence-electron chi connectivity index (χ2n) is 7.67. The highest BCUT2D eigenvalue weighted by Crippen LogP contribution is 2.56. The highest BCUT2D eigenvalue weighted by atomic mass is 19.2. The van der Waals surface area contributed by atoms with Crippen molar-refractivity contribution in [3.05, 3.63) is 47.8 Å². The molecule has 1 unspecified atom stereocenters. The minimum absolute atomic E-state index is 0.00665. The van der Waals surface area contributed by atoms with Gasteiger partial charge in [-0.2, -0.15) is 4.39 Å². The summed E-state index contributed by atoms with van der Waals surface area (Å²) in [7, 11) is 2.51. The van der Waals surface area contributed by atoms with E-state index in [0.29, 0.717) is 24.3 Å². The fourth-order valence-corrected chi connectivity index (χ4v) is 3.98. The SMILES string of the molecule is COC(=O)c1cc(NC(=O)C2CC3(CC3)CN2c2ccc(F)c(F)c2OC)ccn1. The van der Waals surface area contributed by atoms with Crippen LogP contribution >= 0.6 is 0 Å². The molecule has 1 aliphatic heterocycles. The second-order valence-corrected chi connectivity index (χ2v) is 7.67. The van der Waals surface area contributed by atoms with E-state index in [0.717, 1.165) is 18.9 Å². The number of nitrogens with zero attached hydrogens (tertiary/aromatic N) is 2. The van der Waals surface area contributed by atoms with Gasteiger partial charge in [-0.25, -0.2) is 14.2 Å². The van der Waals surface area contributed by atoms with Crippen molar-refractivity contribution in [3.63, 3.8) is 0 Å². The Morgan fingerprint density at radius 2 is 2.00 bits per heavy atom. The van der Waals surface area contributed by atoms with Crippen molar-refractivity contribution < 1.29 is 27.8 Å². The Bertz CT molecular complexity index is 1010. The number of anilines is 2. The Balaban J connectivity index is 1.62. The highest BCUT2D eigenvalue weighted by molar-refractivity contribution is 5.98. The van der Waals surface area contributed by atoms with Crippen molar-refractivity contribution in [2.75, 3.05) is 31.0 Å². The quantitative estimate of drug-likeness (QED) is 0.753. The van der Waals surface area contributed by atoms with Crippen LogP contribution < -0.4 is 15.0 Å². The van der Waals surface area contributed by atoms with E-state index in [-0.39, 0.29) is 22.8 Å². The summed E-state index contributed by atoms with van der Waals surface area (Å²) in [6.07, 6.45) is 3.94. The molecule has 1 saturated carbocycles. The molecule has 9 heteroatoms. The fraction of sp³-hybridized carbons (Fsp3) is 0.381. The number of nitrogens with one attached hydrogen (secondary N) is 1. The zero-order valence-electron chi connectivity index (χ0n) is 16.6. The molecule has 2 heterocycles. The number of carbonyl (C=O) groups is 2. The van der Waals surface area contributed by atoms with Crippen LogP contribution in [0.15, 0.2) is 30.5 Å². The van der Waals surface area contributed by atoms with Gasteiger partial charge in [0.25, 0.3) is 0 Å². The van der Waals surface area contributed by atoms with Crippen molar-refractivity contribution in [1.82, 2.24) is 4.98 Å². The minimum Gasteiger partial charge on any atom is -0.491 e. The van der Waals surface area contributed by atoms with Gasteiger partial charge in [0.15, 0.2) is 11.6 Å². The smallest absolute Gasteiger partial charge is 0.356 e. The van der Waals surface area contributed by atoms with Crippen LogP contribution in [0.3, 0.4) is 0 Å². The number of rotatable bonds is 5. The maximum absolute atomic E-state index is 14.3. The molecule has 2 aliphatic rings. The standard InChI is InChI=1S/C21H21F2N3O4/c1-29-18-15(4-3-13(22)17(18)23)26-11-21(6-7-21)10-16(26)19(27)25-12-5-8-24-14(9-12)20(28)30-2/h3-5,8-9,16H,6-7,10-11H2,1-2H3,(H,24,25,27). The lowest BCUT2D eigenvalue weighted by atomic mass is 10.0. The number of amides is 1. The summed E-state index contributed by atoms with van der Waals surface area (Å²) in [6.45, 7) is 0.552. The van der Waals surface area contributed by atoms with Gasteiger partial charge in [0.2, 0.25) is 11.7 Å². The van der Waals surface area contributed by atoms with Crippen LogP contribution in [-0.4, -0.2) is 43.7 Å². The van der Waals surface area contributed by atoms with Crippen LogP contribution in [0.5, 0.6) is 5.75 Å². The van der Waals surface area contributed by atoms with Gasteiger partial charge in [-0.05, 0) is 48.9 Å². The van der Waals surface area contributed by atoms with E-state index in [4.69, 9.17) is 4.74 Å². The lowest BCUT2D eigenvalue weighted by Gasteiger charge is -2.27. The molecule has 0 bridgehead atoms. The maximum Gasteiger partial charge on any atom is 0.356 e. The molecule has 7 nitrogen and oxygen atoms in total. The monoisotopic (exact) mass is 417 g/mol. The first-order chi connectivity index (χ1) is 14.4. The van der Waals surface area contributed by atoms with Crippen molar-refractivity contribution in [2.45, 2.75) is 25.3 Å². The molecule has 1 amide bonds. The first-order valence-electron chi connectivity index (χ1n) is 9.51. The number of aromatic nitrogens is 1. The molecule has 1 atom stereocenters. The Hall–Kier alpha value is -3.23.